The summed E-state index contributed by atoms with van der Waals surface area (Å²) in [6, 6.07) is 7.51. The van der Waals surface area contributed by atoms with Gasteiger partial charge < -0.3 is 19.1 Å². The fourth-order valence-electron chi connectivity index (χ4n) is 3.35. The maximum Gasteiger partial charge on any atom is 0.351 e. The lowest BCUT2D eigenvalue weighted by Crippen LogP contribution is -2.49. The quantitative estimate of drug-likeness (QED) is 0.793. The van der Waals surface area contributed by atoms with Gasteiger partial charge in [-0.15, -0.1) is 0 Å². The van der Waals surface area contributed by atoms with Gasteiger partial charge in [-0.25, -0.2) is 4.79 Å². The topological polar surface area (TPSA) is 65.1 Å². The fraction of sp³-hybridized carbons (Fsp3) is 0.556. The van der Waals surface area contributed by atoms with Gasteiger partial charge in [0, 0.05) is 12.1 Å². The average Bonchev–Trinajstić information content (AvgIpc) is 2.59. The Balaban J connectivity index is 1.53. The monoisotopic (exact) mass is 333 g/mol. The smallest absolute Gasteiger partial charge is 0.351 e. The molecule has 1 aromatic carbocycles. The van der Waals surface area contributed by atoms with Crippen molar-refractivity contribution in [2.45, 2.75) is 51.3 Å². The van der Waals surface area contributed by atoms with Crippen LogP contribution in [-0.2, 0) is 14.3 Å². The van der Waals surface area contributed by atoms with Crippen LogP contribution in [0.1, 0.15) is 33.1 Å². The highest BCUT2D eigenvalue weighted by Crippen LogP contribution is 2.31. The second-order valence-corrected chi connectivity index (χ2v) is 6.40. The number of amides is 1. The number of piperidine rings is 1. The molecule has 2 aliphatic rings. The Morgan fingerprint density at radius 3 is 2.54 bits per heavy atom. The minimum absolute atomic E-state index is 0.0839. The van der Waals surface area contributed by atoms with Gasteiger partial charge in [0.05, 0.1) is 0 Å². The third kappa shape index (κ3) is 3.47. The van der Waals surface area contributed by atoms with Crippen LogP contribution in [0, 0.1) is 0 Å². The Morgan fingerprint density at radius 2 is 1.83 bits per heavy atom. The summed E-state index contributed by atoms with van der Waals surface area (Å²) in [6.45, 7) is 3.89. The second-order valence-electron chi connectivity index (χ2n) is 6.40. The largest absolute Gasteiger partial charge is 0.485 e. The van der Waals surface area contributed by atoms with Crippen molar-refractivity contribution in [1.82, 2.24) is 4.90 Å². The van der Waals surface area contributed by atoms with E-state index >= 15 is 0 Å². The molecule has 1 saturated heterocycles. The number of para-hydroxylation sites is 2. The number of hydrogen-bond acceptors (Lipinski definition) is 5. The van der Waals surface area contributed by atoms with Crippen molar-refractivity contribution < 1.29 is 23.8 Å². The van der Waals surface area contributed by atoms with Gasteiger partial charge in [-0.2, -0.15) is 0 Å². The number of likely N-dealkylation sites (tertiary alicyclic amines) is 1. The summed E-state index contributed by atoms with van der Waals surface area (Å²) in [5.41, 5.74) is 0. The van der Waals surface area contributed by atoms with Crippen LogP contribution < -0.4 is 9.47 Å². The molecule has 0 spiro atoms. The molecule has 1 fully saturated rings. The molecular formula is C18H23NO5. The van der Waals surface area contributed by atoms with Gasteiger partial charge in [0.25, 0.3) is 5.91 Å². The molecule has 3 rings (SSSR count). The predicted molar refractivity (Wildman–Crippen MR) is 86.9 cm³/mol. The number of nitrogens with zero attached hydrogens (tertiary/aromatic N) is 1. The first kappa shape index (κ1) is 16.6. The summed E-state index contributed by atoms with van der Waals surface area (Å²) >= 11 is 0. The van der Waals surface area contributed by atoms with Gasteiger partial charge in [-0.3, -0.25) is 4.79 Å². The molecule has 2 heterocycles. The molecule has 0 saturated carbocycles. The lowest BCUT2D eigenvalue weighted by atomic mass is 9.97. The van der Waals surface area contributed by atoms with Crippen molar-refractivity contribution in [3.63, 3.8) is 0 Å². The van der Waals surface area contributed by atoms with Crippen molar-refractivity contribution in [2.24, 2.45) is 0 Å². The first-order chi connectivity index (χ1) is 11.6. The van der Waals surface area contributed by atoms with Gasteiger partial charge in [0.1, 0.15) is 6.61 Å². The Morgan fingerprint density at radius 1 is 1.17 bits per heavy atom. The highest BCUT2D eigenvalue weighted by atomic mass is 16.6. The van der Waals surface area contributed by atoms with Crippen molar-refractivity contribution in [2.75, 3.05) is 13.2 Å². The Hall–Kier alpha value is -2.24. The molecule has 1 aromatic rings. The van der Waals surface area contributed by atoms with Crippen LogP contribution in [0.15, 0.2) is 24.3 Å². The SMILES string of the molecule is C[C@@H]1CCC[C@@H](C)N1C(=O)COC(=O)[C@H]1COc2ccccc2O1. The molecule has 6 heteroatoms. The van der Waals surface area contributed by atoms with E-state index in [1.54, 1.807) is 18.2 Å². The minimum Gasteiger partial charge on any atom is -0.485 e. The Kier molecular flexibility index (Phi) is 4.92. The van der Waals surface area contributed by atoms with Crippen LogP contribution in [0.4, 0.5) is 0 Å². The molecule has 0 N–H and O–H groups in total. The van der Waals surface area contributed by atoms with Crippen LogP contribution in [0.3, 0.4) is 0 Å². The average molecular weight is 333 g/mol. The highest BCUT2D eigenvalue weighted by molar-refractivity contribution is 5.83. The zero-order valence-electron chi connectivity index (χ0n) is 14.1. The molecule has 0 unspecified atom stereocenters. The van der Waals surface area contributed by atoms with Crippen molar-refractivity contribution in [1.29, 1.82) is 0 Å². The maximum absolute atomic E-state index is 12.4. The minimum atomic E-state index is -0.844. The first-order valence-electron chi connectivity index (χ1n) is 8.42. The van der Waals surface area contributed by atoms with Crippen LogP contribution in [-0.4, -0.2) is 48.2 Å². The van der Waals surface area contributed by atoms with E-state index in [2.05, 4.69) is 0 Å². The Bertz CT molecular complexity index is 607. The molecule has 130 valence electrons. The molecule has 1 amide bonds. The van der Waals surface area contributed by atoms with E-state index in [0.29, 0.717) is 11.5 Å². The summed E-state index contributed by atoms with van der Waals surface area (Å²) in [6.07, 6.45) is 2.25. The van der Waals surface area contributed by atoms with Gasteiger partial charge in [-0.1, -0.05) is 12.1 Å². The third-order valence-corrected chi connectivity index (χ3v) is 4.59. The van der Waals surface area contributed by atoms with Gasteiger partial charge in [0.2, 0.25) is 6.10 Å². The molecule has 0 bridgehead atoms. The standard InChI is InChI=1S/C18H23NO5/c1-12-6-5-7-13(2)19(12)17(20)11-23-18(21)16-10-22-14-8-3-4-9-15(14)24-16/h3-4,8-9,12-13,16H,5-7,10-11H2,1-2H3/t12-,13-,16-/m1/s1. The van der Waals surface area contributed by atoms with Crippen LogP contribution in [0.2, 0.25) is 0 Å². The number of fused-ring (bicyclic) bond motifs is 1. The van der Waals surface area contributed by atoms with E-state index in [4.69, 9.17) is 14.2 Å². The molecule has 6 nitrogen and oxygen atoms in total. The van der Waals surface area contributed by atoms with Crippen molar-refractivity contribution >= 4 is 11.9 Å². The summed E-state index contributed by atoms with van der Waals surface area (Å²) in [5, 5.41) is 0. The molecule has 0 aliphatic carbocycles. The third-order valence-electron chi connectivity index (χ3n) is 4.59. The number of carbonyl (C=O) groups is 2. The number of ether oxygens (including phenoxy) is 3. The van der Waals surface area contributed by atoms with E-state index in [0.717, 1.165) is 19.3 Å². The maximum atomic E-state index is 12.4. The second kappa shape index (κ2) is 7.11. The van der Waals surface area contributed by atoms with E-state index in [1.807, 2.05) is 24.8 Å². The first-order valence-corrected chi connectivity index (χ1v) is 8.42. The summed E-state index contributed by atoms with van der Waals surface area (Å²) in [4.78, 5) is 26.4. The zero-order valence-corrected chi connectivity index (χ0v) is 14.1. The van der Waals surface area contributed by atoms with Crippen molar-refractivity contribution in [3.05, 3.63) is 24.3 Å². The lowest BCUT2D eigenvalue weighted by Gasteiger charge is -2.39. The lowest BCUT2D eigenvalue weighted by molar-refractivity contribution is -0.162. The van der Waals surface area contributed by atoms with E-state index in [1.165, 1.54) is 0 Å². The number of carbonyl (C=O) groups excluding carboxylic acids is 2. The van der Waals surface area contributed by atoms with Gasteiger partial charge in [-0.05, 0) is 45.2 Å². The fourth-order valence-corrected chi connectivity index (χ4v) is 3.35. The van der Waals surface area contributed by atoms with Crippen LogP contribution in [0.5, 0.6) is 11.5 Å². The molecule has 24 heavy (non-hydrogen) atoms. The zero-order chi connectivity index (χ0) is 17.1. The highest BCUT2D eigenvalue weighted by Gasteiger charge is 2.32. The number of rotatable bonds is 3. The Labute approximate surface area is 141 Å². The molecule has 0 aromatic heterocycles. The predicted octanol–water partition coefficient (Wildman–Crippen LogP) is 2.16. The van der Waals surface area contributed by atoms with E-state index in [9.17, 15) is 9.59 Å². The number of esters is 1. The van der Waals surface area contributed by atoms with Gasteiger partial charge in [0.15, 0.2) is 18.1 Å². The summed E-state index contributed by atoms with van der Waals surface area (Å²) < 4.78 is 16.3. The van der Waals surface area contributed by atoms with Gasteiger partial charge >= 0.3 is 5.97 Å². The normalized spacial score (nSPS) is 25.9. The van der Waals surface area contributed by atoms with Crippen LogP contribution >= 0.6 is 0 Å². The molecule has 3 atom stereocenters. The number of benzene rings is 1. The molecular weight excluding hydrogens is 310 g/mol. The summed E-state index contributed by atoms with van der Waals surface area (Å²) in [7, 11) is 0. The van der Waals surface area contributed by atoms with E-state index < -0.39 is 12.1 Å². The molecule has 2 aliphatic heterocycles. The number of hydrogen-bond donors (Lipinski definition) is 0. The summed E-state index contributed by atoms with van der Waals surface area (Å²) in [5.74, 6) is 0.388. The molecule has 0 radical (unpaired) electrons. The van der Waals surface area contributed by atoms with Crippen molar-refractivity contribution in [3.8, 4) is 11.5 Å². The van der Waals surface area contributed by atoms with Crippen LogP contribution in [0.25, 0.3) is 0 Å². The van der Waals surface area contributed by atoms with E-state index in [-0.39, 0.29) is 31.2 Å².